The number of rotatable bonds is 8. The Kier molecular flexibility index (Phi) is 6.66. The first-order valence-electron chi connectivity index (χ1n) is 7.38. The molecule has 1 N–H and O–H groups in total. The Balaban J connectivity index is 2.38. The van der Waals surface area contributed by atoms with Crippen molar-refractivity contribution < 1.29 is 0 Å². The summed E-state index contributed by atoms with van der Waals surface area (Å²) in [4.78, 5) is 0. The van der Waals surface area contributed by atoms with Gasteiger partial charge in [0.2, 0.25) is 0 Å². The summed E-state index contributed by atoms with van der Waals surface area (Å²) in [6.45, 7) is 7.42. The van der Waals surface area contributed by atoms with Crippen LogP contribution < -0.4 is 5.32 Å². The lowest BCUT2D eigenvalue weighted by Crippen LogP contribution is -2.25. The van der Waals surface area contributed by atoms with Crippen molar-refractivity contribution in [3.8, 4) is 6.07 Å². The highest BCUT2D eigenvalue weighted by Gasteiger charge is 2.09. The number of aromatic nitrogens is 1. The molecule has 0 fully saturated rings. The first-order valence-corrected chi connectivity index (χ1v) is 7.38. The Bertz CT molecular complexity index is 426. The number of hydrogen-bond donors (Lipinski definition) is 1. The standard InChI is InChI=1S/C16H27N3/c1-5-6-7-8-9-13(2)18-12-15-10-16(11-17)19(4)14(15)3/h10,13,18H,5-9,12H2,1-4H3. The van der Waals surface area contributed by atoms with Gasteiger partial charge in [0.05, 0.1) is 0 Å². The molecule has 0 saturated carbocycles. The minimum absolute atomic E-state index is 0.544. The first-order chi connectivity index (χ1) is 9.10. The average molecular weight is 261 g/mol. The SMILES string of the molecule is CCCCCCC(C)NCc1cc(C#N)n(C)c1C. The number of hydrogen-bond acceptors (Lipinski definition) is 2. The van der Waals surface area contributed by atoms with Crippen LogP contribution in [-0.4, -0.2) is 10.6 Å². The molecule has 1 rings (SSSR count). The Hall–Kier alpha value is -1.27. The molecule has 0 aliphatic carbocycles. The maximum absolute atomic E-state index is 9.01. The lowest BCUT2D eigenvalue weighted by atomic mass is 10.1. The van der Waals surface area contributed by atoms with Crippen LogP contribution in [0.15, 0.2) is 6.07 Å². The van der Waals surface area contributed by atoms with Crippen LogP contribution in [0.3, 0.4) is 0 Å². The molecule has 0 amide bonds. The summed E-state index contributed by atoms with van der Waals surface area (Å²) in [5.74, 6) is 0. The molecular formula is C16H27N3. The molecule has 0 spiro atoms. The van der Waals surface area contributed by atoms with E-state index in [1.165, 1.54) is 43.4 Å². The van der Waals surface area contributed by atoms with Crippen molar-refractivity contribution in [3.63, 3.8) is 0 Å². The first kappa shape index (κ1) is 15.8. The van der Waals surface area contributed by atoms with Crippen molar-refractivity contribution >= 4 is 0 Å². The monoisotopic (exact) mass is 261 g/mol. The zero-order valence-electron chi connectivity index (χ0n) is 12.8. The molecule has 19 heavy (non-hydrogen) atoms. The zero-order chi connectivity index (χ0) is 14.3. The van der Waals surface area contributed by atoms with Crippen LogP contribution in [0.25, 0.3) is 0 Å². The zero-order valence-corrected chi connectivity index (χ0v) is 12.8. The number of nitriles is 1. The van der Waals surface area contributed by atoms with Gasteiger partial charge in [0.1, 0.15) is 11.8 Å². The summed E-state index contributed by atoms with van der Waals surface area (Å²) < 4.78 is 1.96. The molecule has 0 bridgehead atoms. The van der Waals surface area contributed by atoms with Gasteiger partial charge in [-0.15, -0.1) is 0 Å². The summed E-state index contributed by atoms with van der Waals surface area (Å²) in [7, 11) is 1.95. The third kappa shape index (κ3) is 4.72. The van der Waals surface area contributed by atoms with E-state index in [-0.39, 0.29) is 0 Å². The molecular weight excluding hydrogens is 234 g/mol. The molecule has 0 saturated heterocycles. The van der Waals surface area contributed by atoms with Crippen LogP contribution in [-0.2, 0) is 13.6 Å². The number of nitrogens with one attached hydrogen (secondary N) is 1. The Morgan fingerprint density at radius 3 is 2.68 bits per heavy atom. The maximum Gasteiger partial charge on any atom is 0.120 e. The van der Waals surface area contributed by atoms with Gasteiger partial charge in [-0.3, -0.25) is 0 Å². The second kappa shape index (κ2) is 8.01. The van der Waals surface area contributed by atoms with Crippen molar-refractivity contribution in [1.82, 2.24) is 9.88 Å². The van der Waals surface area contributed by atoms with Crippen LogP contribution in [0.2, 0.25) is 0 Å². The fraction of sp³-hybridized carbons (Fsp3) is 0.688. The summed E-state index contributed by atoms with van der Waals surface area (Å²) >= 11 is 0. The molecule has 0 aliphatic heterocycles. The molecule has 1 atom stereocenters. The van der Waals surface area contributed by atoms with Crippen molar-refractivity contribution in [2.45, 2.75) is 65.5 Å². The molecule has 1 heterocycles. The number of nitrogens with zero attached hydrogens (tertiary/aromatic N) is 2. The van der Waals surface area contributed by atoms with Crippen LogP contribution >= 0.6 is 0 Å². The van der Waals surface area contributed by atoms with E-state index in [1.807, 2.05) is 17.7 Å². The van der Waals surface area contributed by atoms with Crippen molar-refractivity contribution in [2.24, 2.45) is 7.05 Å². The summed E-state index contributed by atoms with van der Waals surface area (Å²) in [5, 5.41) is 12.6. The normalized spacial score (nSPS) is 12.4. The van der Waals surface area contributed by atoms with Crippen LogP contribution in [0, 0.1) is 18.3 Å². The van der Waals surface area contributed by atoms with Gasteiger partial charge in [0, 0.05) is 25.3 Å². The van der Waals surface area contributed by atoms with E-state index in [2.05, 4.69) is 32.2 Å². The smallest absolute Gasteiger partial charge is 0.120 e. The lowest BCUT2D eigenvalue weighted by molar-refractivity contribution is 0.482. The quantitative estimate of drug-likeness (QED) is 0.726. The minimum Gasteiger partial charge on any atom is -0.340 e. The van der Waals surface area contributed by atoms with Gasteiger partial charge >= 0.3 is 0 Å². The molecule has 1 aromatic rings. The molecule has 0 aromatic carbocycles. The summed E-state index contributed by atoms with van der Waals surface area (Å²) in [6.07, 6.45) is 6.51. The Morgan fingerprint density at radius 2 is 2.11 bits per heavy atom. The van der Waals surface area contributed by atoms with E-state index in [1.54, 1.807) is 0 Å². The van der Waals surface area contributed by atoms with Crippen LogP contribution in [0.5, 0.6) is 0 Å². The van der Waals surface area contributed by atoms with Crippen LogP contribution in [0.4, 0.5) is 0 Å². The highest BCUT2D eigenvalue weighted by Crippen LogP contribution is 2.14. The minimum atomic E-state index is 0.544. The van der Waals surface area contributed by atoms with E-state index >= 15 is 0 Å². The van der Waals surface area contributed by atoms with E-state index in [9.17, 15) is 0 Å². The van der Waals surface area contributed by atoms with Gasteiger partial charge in [-0.1, -0.05) is 32.6 Å². The van der Waals surface area contributed by atoms with Crippen molar-refractivity contribution in [2.75, 3.05) is 0 Å². The second-order valence-corrected chi connectivity index (χ2v) is 5.44. The fourth-order valence-corrected chi connectivity index (χ4v) is 2.31. The molecule has 1 unspecified atom stereocenters. The summed E-state index contributed by atoms with van der Waals surface area (Å²) in [5.41, 5.74) is 3.16. The lowest BCUT2D eigenvalue weighted by Gasteiger charge is -2.13. The topological polar surface area (TPSA) is 40.8 Å². The Labute approximate surface area is 117 Å². The van der Waals surface area contributed by atoms with Gasteiger partial charge in [0.25, 0.3) is 0 Å². The molecule has 3 nitrogen and oxygen atoms in total. The van der Waals surface area contributed by atoms with Crippen molar-refractivity contribution in [1.29, 1.82) is 5.26 Å². The van der Waals surface area contributed by atoms with Gasteiger partial charge in [0.15, 0.2) is 0 Å². The van der Waals surface area contributed by atoms with Gasteiger partial charge in [-0.25, -0.2) is 0 Å². The molecule has 3 heteroatoms. The number of unbranched alkanes of at least 4 members (excludes halogenated alkanes) is 3. The van der Waals surface area contributed by atoms with E-state index < -0.39 is 0 Å². The molecule has 0 aliphatic rings. The third-order valence-corrected chi connectivity index (χ3v) is 3.89. The molecule has 0 radical (unpaired) electrons. The van der Waals surface area contributed by atoms with E-state index in [4.69, 9.17) is 5.26 Å². The van der Waals surface area contributed by atoms with E-state index in [0.717, 1.165) is 12.2 Å². The largest absolute Gasteiger partial charge is 0.340 e. The second-order valence-electron chi connectivity index (χ2n) is 5.44. The highest BCUT2D eigenvalue weighted by molar-refractivity contribution is 5.34. The van der Waals surface area contributed by atoms with Crippen molar-refractivity contribution in [3.05, 3.63) is 23.0 Å². The predicted octanol–water partition coefficient (Wildman–Crippen LogP) is 3.65. The fourth-order valence-electron chi connectivity index (χ4n) is 2.31. The van der Waals surface area contributed by atoms with Gasteiger partial charge in [-0.05, 0) is 31.9 Å². The molecule has 1 aromatic heterocycles. The summed E-state index contributed by atoms with van der Waals surface area (Å²) in [6, 6.07) is 4.76. The Morgan fingerprint density at radius 1 is 1.37 bits per heavy atom. The predicted molar refractivity (Wildman–Crippen MR) is 79.9 cm³/mol. The molecule has 106 valence electrons. The van der Waals surface area contributed by atoms with Crippen LogP contribution in [0.1, 0.15) is 62.9 Å². The maximum atomic E-state index is 9.01. The van der Waals surface area contributed by atoms with Gasteiger partial charge in [-0.2, -0.15) is 5.26 Å². The van der Waals surface area contributed by atoms with Gasteiger partial charge < -0.3 is 9.88 Å². The highest BCUT2D eigenvalue weighted by atomic mass is 15.0. The average Bonchev–Trinajstić information content (AvgIpc) is 2.68. The van der Waals surface area contributed by atoms with E-state index in [0.29, 0.717) is 6.04 Å². The third-order valence-electron chi connectivity index (χ3n) is 3.89.